The Labute approximate surface area is 225 Å². The second kappa shape index (κ2) is 11.0. The molecule has 0 bridgehead atoms. The summed E-state index contributed by atoms with van der Waals surface area (Å²) in [7, 11) is 1.60. The van der Waals surface area contributed by atoms with E-state index in [1.165, 1.54) is 16.3 Å². The maximum atomic E-state index is 13.3. The maximum absolute atomic E-state index is 13.3. The fourth-order valence-electron chi connectivity index (χ4n) is 3.94. The van der Waals surface area contributed by atoms with Gasteiger partial charge in [-0.15, -0.1) is 0 Å². The molecule has 5 rings (SSSR count). The number of hydrazone groups is 1. The first kappa shape index (κ1) is 24.7. The molecule has 5 aromatic rings. The lowest BCUT2D eigenvalue weighted by Gasteiger charge is -2.13. The second-order valence-corrected chi connectivity index (χ2v) is 9.87. The molecule has 0 aliphatic carbocycles. The number of thioether (sulfide) groups is 1. The fraction of sp³-hybridized carbons (Fsp3) is 0.0714. The van der Waals surface area contributed by atoms with Gasteiger partial charge in [-0.2, -0.15) is 5.10 Å². The van der Waals surface area contributed by atoms with E-state index in [0.29, 0.717) is 27.5 Å². The van der Waals surface area contributed by atoms with Gasteiger partial charge in [0.15, 0.2) is 5.16 Å². The van der Waals surface area contributed by atoms with Crippen LogP contribution in [0.2, 0.25) is 0 Å². The van der Waals surface area contributed by atoms with Crippen LogP contribution in [0.5, 0.6) is 5.75 Å². The Morgan fingerprint density at radius 2 is 1.76 bits per heavy atom. The van der Waals surface area contributed by atoms with Crippen molar-refractivity contribution in [2.75, 3.05) is 12.9 Å². The third kappa shape index (κ3) is 5.28. The van der Waals surface area contributed by atoms with Crippen LogP contribution in [0.1, 0.15) is 5.56 Å². The summed E-state index contributed by atoms with van der Waals surface area (Å²) in [6, 6.07) is 26.3. The van der Waals surface area contributed by atoms with Gasteiger partial charge < -0.3 is 4.74 Å². The molecular formula is C28H21BrN4O3S. The molecule has 1 heterocycles. The summed E-state index contributed by atoms with van der Waals surface area (Å²) in [6.45, 7) is 0. The highest BCUT2D eigenvalue weighted by Gasteiger charge is 2.15. The van der Waals surface area contributed by atoms with Crippen LogP contribution in [0.3, 0.4) is 0 Å². The number of carbonyl (C=O) groups excluding carboxylic acids is 1. The van der Waals surface area contributed by atoms with E-state index in [1.807, 2.05) is 66.7 Å². The van der Waals surface area contributed by atoms with Gasteiger partial charge >= 0.3 is 0 Å². The first-order chi connectivity index (χ1) is 18.0. The van der Waals surface area contributed by atoms with Gasteiger partial charge in [-0.1, -0.05) is 70.2 Å². The lowest BCUT2D eigenvalue weighted by Crippen LogP contribution is -2.24. The number of methoxy groups -OCH3 is 1. The van der Waals surface area contributed by atoms with E-state index in [-0.39, 0.29) is 17.2 Å². The number of carbonyl (C=O) groups is 1. The Morgan fingerprint density at radius 1 is 1.03 bits per heavy atom. The fourth-order valence-corrected chi connectivity index (χ4v) is 5.01. The predicted octanol–water partition coefficient (Wildman–Crippen LogP) is 5.55. The van der Waals surface area contributed by atoms with Crippen molar-refractivity contribution in [2.24, 2.45) is 5.10 Å². The van der Waals surface area contributed by atoms with E-state index in [2.05, 4.69) is 31.4 Å². The van der Waals surface area contributed by atoms with Crippen LogP contribution in [0.15, 0.2) is 104 Å². The van der Waals surface area contributed by atoms with Crippen molar-refractivity contribution in [3.8, 4) is 11.4 Å². The maximum Gasteiger partial charge on any atom is 0.266 e. The number of nitrogens with zero attached hydrogens (tertiary/aromatic N) is 3. The average molecular weight is 573 g/mol. The Bertz CT molecular complexity index is 1700. The molecule has 0 aliphatic heterocycles. The molecule has 37 heavy (non-hydrogen) atoms. The highest BCUT2D eigenvalue weighted by molar-refractivity contribution is 9.10. The number of halogens is 1. The lowest BCUT2D eigenvalue weighted by molar-refractivity contribution is -0.118. The summed E-state index contributed by atoms with van der Waals surface area (Å²) in [5.41, 5.74) is 4.38. The summed E-state index contributed by atoms with van der Waals surface area (Å²) in [4.78, 5) is 30.7. The van der Waals surface area contributed by atoms with E-state index < -0.39 is 0 Å². The molecule has 0 unspecified atom stereocenters. The van der Waals surface area contributed by atoms with Crippen LogP contribution < -0.4 is 15.7 Å². The van der Waals surface area contributed by atoms with Crippen LogP contribution in [0.4, 0.5) is 0 Å². The molecule has 9 heteroatoms. The number of rotatable bonds is 7. The molecule has 0 fully saturated rings. The molecule has 0 spiro atoms. The van der Waals surface area contributed by atoms with Crippen LogP contribution >= 0.6 is 27.7 Å². The van der Waals surface area contributed by atoms with Crippen molar-refractivity contribution in [3.05, 3.63) is 105 Å². The number of hydrogen-bond acceptors (Lipinski definition) is 6. The molecular weight excluding hydrogens is 552 g/mol. The van der Waals surface area contributed by atoms with E-state index in [4.69, 9.17) is 4.74 Å². The van der Waals surface area contributed by atoms with Crippen LogP contribution in [0, 0.1) is 0 Å². The monoisotopic (exact) mass is 572 g/mol. The minimum atomic E-state index is -0.329. The molecule has 1 amide bonds. The van der Waals surface area contributed by atoms with Gasteiger partial charge in [-0.3, -0.25) is 14.2 Å². The number of aromatic nitrogens is 2. The van der Waals surface area contributed by atoms with Crippen molar-refractivity contribution >= 4 is 61.5 Å². The number of nitrogens with one attached hydrogen (secondary N) is 1. The minimum Gasteiger partial charge on any atom is -0.496 e. The zero-order valence-corrected chi connectivity index (χ0v) is 22.1. The summed E-state index contributed by atoms with van der Waals surface area (Å²) < 4.78 is 7.89. The SMILES string of the molecule is COc1ccc2ccccc2c1/C=N/NC(=O)CSc1nc2ccccc2c(=O)n1-c1ccc(Br)cc1. The molecule has 7 nitrogen and oxygen atoms in total. The summed E-state index contributed by atoms with van der Waals surface area (Å²) in [5.74, 6) is 0.348. The molecule has 1 aromatic heterocycles. The Balaban J connectivity index is 1.38. The number of benzene rings is 4. The number of hydrogen-bond donors (Lipinski definition) is 1. The molecule has 0 atom stereocenters. The van der Waals surface area contributed by atoms with Crippen LogP contribution in [-0.4, -0.2) is 34.5 Å². The number of ether oxygens (including phenoxy) is 1. The zero-order chi connectivity index (χ0) is 25.8. The Kier molecular flexibility index (Phi) is 7.34. The smallest absolute Gasteiger partial charge is 0.266 e. The van der Waals surface area contributed by atoms with Crippen molar-refractivity contribution < 1.29 is 9.53 Å². The predicted molar refractivity (Wildman–Crippen MR) is 152 cm³/mol. The van der Waals surface area contributed by atoms with Crippen molar-refractivity contribution in [2.45, 2.75) is 5.16 Å². The lowest BCUT2D eigenvalue weighted by atomic mass is 10.0. The zero-order valence-electron chi connectivity index (χ0n) is 19.7. The first-order valence-corrected chi connectivity index (χ1v) is 13.1. The van der Waals surface area contributed by atoms with Crippen molar-refractivity contribution in [1.29, 1.82) is 0 Å². The van der Waals surface area contributed by atoms with E-state index >= 15 is 0 Å². The Morgan fingerprint density at radius 3 is 2.54 bits per heavy atom. The number of fused-ring (bicyclic) bond motifs is 2. The quantitative estimate of drug-likeness (QED) is 0.119. The molecule has 0 saturated heterocycles. The molecule has 184 valence electrons. The highest BCUT2D eigenvalue weighted by Crippen LogP contribution is 2.26. The molecule has 0 radical (unpaired) electrons. The van der Waals surface area contributed by atoms with Crippen LogP contribution in [0.25, 0.3) is 27.4 Å². The average Bonchev–Trinajstić information content (AvgIpc) is 2.93. The van der Waals surface area contributed by atoms with Gasteiger partial charge in [-0.25, -0.2) is 10.4 Å². The van der Waals surface area contributed by atoms with Gasteiger partial charge in [0, 0.05) is 10.0 Å². The normalized spacial score (nSPS) is 11.3. The minimum absolute atomic E-state index is 0.0192. The molecule has 0 saturated carbocycles. The Hall–Kier alpha value is -3.95. The third-order valence-electron chi connectivity index (χ3n) is 5.70. The number of amides is 1. The summed E-state index contributed by atoms with van der Waals surface area (Å²) >= 11 is 4.59. The van der Waals surface area contributed by atoms with Gasteiger partial charge in [0.05, 0.1) is 35.7 Å². The second-order valence-electron chi connectivity index (χ2n) is 8.01. The van der Waals surface area contributed by atoms with Crippen LogP contribution in [-0.2, 0) is 4.79 Å². The van der Waals surface area contributed by atoms with Crippen molar-refractivity contribution in [3.63, 3.8) is 0 Å². The summed E-state index contributed by atoms with van der Waals surface area (Å²) in [5, 5.41) is 7.09. The van der Waals surface area contributed by atoms with Gasteiger partial charge in [0.1, 0.15) is 5.75 Å². The highest BCUT2D eigenvalue weighted by atomic mass is 79.9. The largest absolute Gasteiger partial charge is 0.496 e. The van der Waals surface area contributed by atoms with E-state index in [9.17, 15) is 9.59 Å². The standard InChI is InChI=1S/C28H21BrN4O3S/c1-36-25-15-10-18-6-2-3-7-21(18)23(25)16-30-32-26(34)17-37-28-31-24-9-5-4-8-22(24)27(35)33(28)20-13-11-19(29)12-14-20/h2-16H,17H2,1H3,(H,32,34)/b30-16+. The molecule has 4 aromatic carbocycles. The van der Waals surface area contributed by atoms with E-state index in [0.717, 1.165) is 20.8 Å². The topological polar surface area (TPSA) is 85.6 Å². The van der Waals surface area contributed by atoms with Gasteiger partial charge in [-0.05, 0) is 53.2 Å². The van der Waals surface area contributed by atoms with E-state index in [1.54, 1.807) is 31.5 Å². The van der Waals surface area contributed by atoms with Gasteiger partial charge in [0.25, 0.3) is 11.5 Å². The third-order valence-corrected chi connectivity index (χ3v) is 7.16. The molecule has 0 aliphatic rings. The number of para-hydroxylation sites is 1. The first-order valence-electron chi connectivity index (χ1n) is 11.3. The summed E-state index contributed by atoms with van der Waals surface area (Å²) in [6.07, 6.45) is 1.58. The molecule has 1 N–H and O–H groups in total. The van der Waals surface area contributed by atoms with Crippen molar-refractivity contribution in [1.82, 2.24) is 15.0 Å². The van der Waals surface area contributed by atoms with Gasteiger partial charge in [0.2, 0.25) is 0 Å².